The number of thioether (sulfide) groups is 1. The van der Waals surface area contributed by atoms with E-state index < -0.39 is 11.8 Å². The maximum Gasteiger partial charge on any atom is 0.303 e. The van der Waals surface area contributed by atoms with Gasteiger partial charge in [-0.25, -0.2) is 0 Å². The van der Waals surface area contributed by atoms with E-state index in [0.29, 0.717) is 39.0 Å². The number of piperidine rings is 1. The monoisotopic (exact) mass is 433 g/mol. The number of likely N-dealkylation sites (tertiary alicyclic amines) is 1. The summed E-state index contributed by atoms with van der Waals surface area (Å²) in [5, 5.41) is 9.30. The van der Waals surface area contributed by atoms with Gasteiger partial charge in [0.25, 0.3) is 0 Å². The van der Waals surface area contributed by atoms with Crippen LogP contribution in [0.1, 0.15) is 62.5 Å². The molecule has 1 aromatic rings. The molecule has 1 aliphatic carbocycles. The molecule has 1 spiro atoms. The van der Waals surface area contributed by atoms with E-state index in [0.717, 1.165) is 42.6 Å². The first-order valence-electron chi connectivity index (χ1n) is 10.8. The zero-order valence-electron chi connectivity index (χ0n) is 17.9. The van der Waals surface area contributed by atoms with Crippen LogP contribution in [0.25, 0.3) is 0 Å². The maximum atomic E-state index is 13.0. The second-order valence-electron chi connectivity index (χ2n) is 9.07. The second kappa shape index (κ2) is 8.42. The largest absolute Gasteiger partial charge is 0.481 e. The molecule has 30 heavy (non-hydrogen) atoms. The number of carboxylic acid groups (broad SMARTS) is 1. The number of rotatable bonds is 5. The molecular weight excluding hydrogens is 402 g/mol. The highest BCUT2D eigenvalue weighted by atomic mass is 32.2. The molecule has 2 fully saturated rings. The molecule has 1 saturated heterocycles. The number of amides is 1. The van der Waals surface area contributed by atoms with Gasteiger partial charge >= 0.3 is 5.97 Å². The first-order chi connectivity index (χ1) is 14.3. The van der Waals surface area contributed by atoms with Crippen molar-refractivity contribution in [2.45, 2.75) is 75.6 Å². The van der Waals surface area contributed by atoms with E-state index in [4.69, 9.17) is 9.47 Å². The smallest absolute Gasteiger partial charge is 0.303 e. The molecule has 0 aromatic heterocycles. The molecule has 0 bridgehead atoms. The van der Waals surface area contributed by atoms with Crippen LogP contribution >= 0.6 is 11.8 Å². The molecule has 4 rings (SSSR count). The maximum absolute atomic E-state index is 13.0. The minimum absolute atomic E-state index is 0.0741. The van der Waals surface area contributed by atoms with Crippen molar-refractivity contribution in [2.75, 3.05) is 19.3 Å². The number of carbonyl (C=O) groups is 2. The Bertz CT molecular complexity index is 825. The molecular formula is C23H31NO5S. The van der Waals surface area contributed by atoms with E-state index in [2.05, 4.69) is 25.3 Å². The van der Waals surface area contributed by atoms with Crippen LogP contribution in [-0.4, -0.2) is 47.0 Å². The summed E-state index contributed by atoms with van der Waals surface area (Å²) < 4.78 is 12.6. The highest BCUT2D eigenvalue weighted by Crippen LogP contribution is 2.45. The van der Waals surface area contributed by atoms with E-state index in [1.54, 1.807) is 11.8 Å². The Morgan fingerprint density at radius 3 is 2.47 bits per heavy atom. The normalized spacial score (nSPS) is 21.9. The average molecular weight is 434 g/mol. The first-order valence-corrected chi connectivity index (χ1v) is 12.1. The number of nitrogens with zero attached hydrogens (tertiary/aromatic N) is 1. The summed E-state index contributed by atoms with van der Waals surface area (Å²) in [5.74, 6) is -0.471. The van der Waals surface area contributed by atoms with Crippen LogP contribution in [0.2, 0.25) is 0 Å². The number of fused-ring (bicyclic) bond motifs is 1. The molecule has 0 unspecified atom stereocenters. The minimum atomic E-state index is -0.801. The lowest BCUT2D eigenvalue weighted by molar-refractivity contribution is -0.228. The van der Waals surface area contributed by atoms with Crippen LogP contribution < -0.4 is 4.74 Å². The lowest BCUT2D eigenvalue weighted by atomic mass is 9.79. The number of aryl methyl sites for hydroxylation is 1. The minimum Gasteiger partial charge on any atom is -0.481 e. The lowest BCUT2D eigenvalue weighted by Gasteiger charge is -2.45. The summed E-state index contributed by atoms with van der Waals surface area (Å²) >= 11 is 1.71. The molecule has 0 radical (unpaired) electrons. The standard InChI is InChI=1S/C23H31NO5S/c1-16-11-18(30-2)12-17-15-28-23(29-21(16)17)7-9-24(10-8-23)19(25)13-22(14-20(26)27)5-3-4-6-22/h11-12H,3-10,13-15H2,1-2H3,(H,26,27). The number of aliphatic carboxylic acids is 1. The molecule has 1 amide bonds. The van der Waals surface area contributed by atoms with Crippen LogP contribution in [0.15, 0.2) is 17.0 Å². The number of carboxylic acids is 1. The van der Waals surface area contributed by atoms with Gasteiger partial charge in [-0.2, -0.15) is 0 Å². The number of hydrogen-bond acceptors (Lipinski definition) is 5. The number of hydrogen-bond donors (Lipinski definition) is 1. The molecule has 2 heterocycles. The van der Waals surface area contributed by atoms with E-state index in [-0.39, 0.29) is 17.7 Å². The lowest BCUT2D eigenvalue weighted by Crippen LogP contribution is -2.53. The molecule has 1 saturated carbocycles. The van der Waals surface area contributed by atoms with Gasteiger partial charge in [-0.3, -0.25) is 9.59 Å². The van der Waals surface area contributed by atoms with Gasteiger partial charge in [0, 0.05) is 42.8 Å². The van der Waals surface area contributed by atoms with Crippen molar-refractivity contribution >= 4 is 23.6 Å². The fourth-order valence-electron chi connectivity index (χ4n) is 5.24. The summed E-state index contributed by atoms with van der Waals surface area (Å²) in [6, 6.07) is 4.27. The van der Waals surface area contributed by atoms with Gasteiger partial charge in [0.2, 0.25) is 11.7 Å². The van der Waals surface area contributed by atoms with E-state index in [1.165, 1.54) is 4.90 Å². The Kier molecular flexibility index (Phi) is 6.04. The first kappa shape index (κ1) is 21.5. The van der Waals surface area contributed by atoms with Crippen molar-refractivity contribution in [3.63, 3.8) is 0 Å². The zero-order chi connectivity index (χ0) is 21.4. The van der Waals surface area contributed by atoms with Gasteiger partial charge < -0.3 is 19.5 Å². The van der Waals surface area contributed by atoms with E-state index in [1.807, 2.05) is 4.90 Å². The van der Waals surface area contributed by atoms with Crippen molar-refractivity contribution in [3.05, 3.63) is 23.3 Å². The highest BCUT2D eigenvalue weighted by Gasteiger charge is 2.44. The molecule has 1 N–H and O–H groups in total. The molecule has 3 aliphatic rings. The molecule has 6 nitrogen and oxygen atoms in total. The predicted molar refractivity (Wildman–Crippen MR) is 115 cm³/mol. The van der Waals surface area contributed by atoms with Crippen molar-refractivity contribution in [1.82, 2.24) is 4.90 Å². The molecule has 0 atom stereocenters. The van der Waals surface area contributed by atoms with Gasteiger partial charge in [-0.05, 0) is 49.1 Å². The number of ether oxygens (including phenoxy) is 2. The molecule has 164 valence electrons. The summed E-state index contributed by atoms with van der Waals surface area (Å²) in [5.41, 5.74) is 1.84. The van der Waals surface area contributed by atoms with Crippen LogP contribution in [0.4, 0.5) is 0 Å². The Labute approximate surface area is 182 Å². The molecule has 2 aliphatic heterocycles. The van der Waals surface area contributed by atoms with Crippen LogP contribution in [0.3, 0.4) is 0 Å². The molecule has 1 aromatic carbocycles. The SMILES string of the molecule is CSc1cc(C)c2c(c1)COC1(CCN(C(=O)CC3(CC(=O)O)CCCC3)CC1)O2. The summed E-state index contributed by atoms with van der Waals surface area (Å²) in [6.45, 7) is 3.76. The third-order valence-electron chi connectivity index (χ3n) is 6.93. The quantitative estimate of drug-likeness (QED) is 0.695. The summed E-state index contributed by atoms with van der Waals surface area (Å²) in [7, 11) is 0. The van der Waals surface area contributed by atoms with Crippen molar-refractivity contribution in [3.8, 4) is 5.75 Å². The van der Waals surface area contributed by atoms with Crippen molar-refractivity contribution < 1.29 is 24.2 Å². The van der Waals surface area contributed by atoms with Crippen molar-refractivity contribution in [2.24, 2.45) is 5.41 Å². The third kappa shape index (κ3) is 4.33. The van der Waals surface area contributed by atoms with Gasteiger partial charge in [0.05, 0.1) is 13.0 Å². The fraction of sp³-hybridized carbons (Fsp3) is 0.652. The third-order valence-corrected chi connectivity index (χ3v) is 7.64. The van der Waals surface area contributed by atoms with Crippen LogP contribution in [0.5, 0.6) is 5.75 Å². The number of benzene rings is 1. The van der Waals surface area contributed by atoms with Crippen LogP contribution in [0, 0.1) is 12.3 Å². The predicted octanol–water partition coefficient (Wildman–Crippen LogP) is 4.37. The highest BCUT2D eigenvalue weighted by molar-refractivity contribution is 7.98. The van der Waals surface area contributed by atoms with Gasteiger partial charge in [-0.15, -0.1) is 11.8 Å². The summed E-state index contributed by atoms with van der Waals surface area (Å²) in [4.78, 5) is 27.4. The number of carbonyl (C=O) groups excluding carboxylic acids is 1. The second-order valence-corrected chi connectivity index (χ2v) is 9.95. The fourth-order valence-corrected chi connectivity index (χ4v) is 5.80. The van der Waals surface area contributed by atoms with Gasteiger partial charge in [0.1, 0.15) is 5.75 Å². The zero-order valence-corrected chi connectivity index (χ0v) is 18.7. The van der Waals surface area contributed by atoms with Gasteiger partial charge in [-0.1, -0.05) is 12.8 Å². The molecule has 7 heteroatoms. The Morgan fingerprint density at radius 2 is 1.83 bits per heavy atom. The Hall–Kier alpha value is -1.73. The topological polar surface area (TPSA) is 76.1 Å². The van der Waals surface area contributed by atoms with Gasteiger partial charge in [0.15, 0.2) is 0 Å². The van der Waals surface area contributed by atoms with Crippen LogP contribution in [-0.2, 0) is 20.9 Å². The summed E-state index contributed by atoms with van der Waals surface area (Å²) in [6.07, 6.45) is 7.47. The van der Waals surface area contributed by atoms with E-state index in [9.17, 15) is 14.7 Å². The average Bonchev–Trinajstić information content (AvgIpc) is 3.16. The van der Waals surface area contributed by atoms with E-state index >= 15 is 0 Å². The van der Waals surface area contributed by atoms with Crippen molar-refractivity contribution in [1.29, 1.82) is 0 Å². The Morgan fingerprint density at radius 1 is 1.13 bits per heavy atom. The Balaban J connectivity index is 1.39.